The molecular formula is C34H36ClNO6. The Morgan fingerprint density at radius 1 is 1.02 bits per heavy atom. The van der Waals surface area contributed by atoms with Crippen LogP contribution in [0.5, 0.6) is 11.5 Å². The van der Waals surface area contributed by atoms with E-state index in [-0.39, 0.29) is 24.5 Å². The first-order chi connectivity index (χ1) is 20.3. The monoisotopic (exact) mass is 589 g/mol. The van der Waals surface area contributed by atoms with Crippen molar-refractivity contribution in [1.29, 1.82) is 0 Å². The number of nitrogens with zero attached hydrogens (tertiary/aromatic N) is 1. The third-order valence-corrected chi connectivity index (χ3v) is 8.34. The molecular weight excluding hydrogens is 554 g/mol. The van der Waals surface area contributed by atoms with Crippen LogP contribution in [-0.2, 0) is 27.4 Å². The third-order valence-electron chi connectivity index (χ3n) is 8.08. The molecule has 8 heteroatoms. The zero-order valence-electron chi connectivity index (χ0n) is 23.9. The van der Waals surface area contributed by atoms with E-state index in [1.807, 2.05) is 48.2 Å². The van der Waals surface area contributed by atoms with Crippen LogP contribution in [0.3, 0.4) is 0 Å². The Morgan fingerprint density at radius 3 is 2.24 bits per heavy atom. The summed E-state index contributed by atoms with van der Waals surface area (Å²) in [5, 5.41) is 10.1. The Kier molecular flexibility index (Phi) is 9.17. The second-order valence-electron chi connectivity index (χ2n) is 10.9. The Morgan fingerprint density at radius 2 is 1.67 bits per heavy atom. The Labute approximate surface area is 251 Å². The molecule has 2 aliphatic carbocycles. The molecule has 1 heterocycles. The van der Waals surface area contributed by atoms with Crippen LogP contribution in [0.25, 0.3) is 0 Å². The molecule has 2 aromatic carbocycles. The van der Waals surface area contributed by atoms with Gasteiger partial charge in [0.05, 0.1) is 13.0 Å². The molecule has 1 aliphatic heterocycles. The van der Waals surface area contributed by atoms with Gasteiger partial charge in [-0.25, -0.2) is 0 Å². The SMILES string of the molecule is C=CCc1cc(C2C3=C(CCCC3=O)N(CCC(=O)O)C3=C2C(=O)CCC3)cc(OCC)c1OCc1ccc(Cl)cc1. The molecule has 0 atom stereocenters. The number of halogens is 1. The van der Waals surface area contributed by atoms with Crippen molar-refractivity contribution >= 4 is 29.1 Å². The van der Waals surface area contributed by atoms with E-state index in [9.17, 15) is 19.5 Å². The predicted molar refractivity (Wildman–Crippen MR) is 161 cm³/mol. The number of carbonyl (C=O) groups excluding carboxylic acids is 2. The fraction of sp³-hybridized carbons (Fsp3) is 0.382. The van der Waals surface area contributed by atoms with Gasteiger partial charge in [0.2, 0.25) is 0 Å². The van der Waals surface area contributed by atoms with Gasteiger partial charge in [-0.3, -0.25) is 14.4 Å². The number of carboxylic acids is 1. The molecule has 0 fully saturated rings. The number of benzene rings is 2. The summed E-state index contributed by atoms with van der Waals surface area (Å²) < 4.78 is 12.4. The zero-order valence-corrected chi connectivity index (χ0v) is 24.7. The van der Waals surface area contributed by atoms with Crippen molar-refractivity contribution in [3.8, 4) is 11.5 Å². The second kappa shape index (κ2) is 13.0. The molecule has 0 saturated heterocycles. The summed E-state index contributed by atoms with van der Waals surface area (Å²) in [4.78, 5) is 40.8. The van der Waals surface area contributed by atoms with E-state index in [0.29, 0.717) is 85.8 Å². The molecule has 0 bridgehead atoms. The minimum Gasteiger partial charge on any atom is -0.490 e. The topological polar surface area (TPSA) is 93.1 Å². The molecule has 1 N–H and O–H groups in total. The van der Waals surface area contributed by atoms with E-state index in [1.165, 1.54) is 0 Å². The lowest BCUT2D eigenvalue weighted by molar-refractivity contribution is -0.137. The van der Waals surface area contributed by atoms with Crippen molar-refractivity contribution in [2.45, 2.75) is 70.8 Å². The van der Waals surface area contributed by atoms with Crippen molar-refractivity contribution < 1.29 is 29.0 Å². The summed E-state index contributed by atoms with van der Waals surface area (Å²) in [5.41, 5.74) is 5.55. The fourth-order valence-corrected chi connectivity index (χ4v) is 6.47. The Bertz CT molecular complexity index is 1430. The Balaban J connectivity index is 1.64. The number of ether oxygens (including phenoxy) is 2. The quantitative estimate of drug-likeness (QED) is 0.284. The van der Waals surface area contributed by atoms with E-state index >= 15 is 0 Å². The van der Waals surface area contributed by atoms with Gasteiger partial charge in [0.15, 0.2) is 23.1 Å². The van der Waals surface area contributed by atoms with Gasteiger partial charge in [-0.1, -0.05) is 35.9 Å². The van der Waals surface area contributed by atoms with Gasteiger partial charge in [0.25, 0.3) is 0 Å². The first-order valence-electron chi connectivity index (χ1n) is 14.6. The summed E-state index contributed by atoms with van der Waals surface area (Å²) in [7, 11) is 0. The van der Waals surface area contributed by atoms with Gasteiger partial charge in [-0.15, -0.1) is 6.58 Å². The maximum atomic E-state index is 13.6. The highest BCUT2D eigenvalue weighted by molar-refractivity contribution is 6.30. The number of Topliss-reactive ketones (excluding diaryl/α,β-unsaturated/α-hetero) is 2. The van der Waals surface area contributed by atoms with E-state index in [4.69, 9.17) is 21.1 Å². The summed E-state index contributed by atoms with van der Waals surface area (Å²) in [5.74, 6) is -0.275. The molecule has 220 valence electrons. The van der Waals surface area contributed by atoms with Gasteiger partial charge in [-0.2, -0.15) is 0 Å². The van der Waals surface area contributed by atoms with Crippen molar-refractivity contribution in [2.75, 3.05) is 13.2 Å². The third kappa shape index (κ3) is 6.02. The lowest BCUT2D eigenvalue weighted by atomic mass is 9.70. The van der Waals surface area contributed by atoms with Gasteiger partial charge < -0.3 is 19.5 Å². The molecule has 5 rings (SSSR count). The van der Waals surface area contributed by atoms with Crippen molar-refractivity contribution in [1.82, 2.24) is 4.90 Å². The van der Waals surface area contributed by atoms with Crippen LogP contribution >= 0.6 is 11.6 Å². The Hall–Kier alpha value is -3.84. The number of hydrogen-bond donors (Lipinski definition) is 1. The predicted octanol–water partition coefficient (Wildman–Crippen LogP) is 6.93. The maximum absolute atomic E-state index is 13.6. The molecule has 7 nitrogen and oxygen atoms in total. The number of hydrogen-bond acceptors (Lipinski definition) is 6. The average Bonchev–Trinajstić information content (AvgIpc) is 2.96. The summed E-state index contributed by atoms with van der Waals surface area (Å²) >= 11 is 6.05. The van der Waals surface area contributed by atoms with Crippen LogP contribution in [0, 0.1) is 0 Å². The molecule has 0 radical (unpaired) electrons. The number of ketones is 2. The van der Waals surface area contributed by atoms with E-state index < -0.39 is 11.9 Å². The first-order valence-corrected chi connectivity index (χ1v) is 15.0. The highest BCUT2D eigenvalue weighted by Gasteiger charge is 2.43. The van der Waals surface area contributed by atoms with Gasteiger partial charge in [0, 0.05) is 58.4 Å². The zero-order chi connectivity index (χ0) is 29.8. The summed E-state index contributed by atoms with van der Waals surface area (Å²) in [6.45, 7) is 6.81. The molecule has 42 heavy (non-hydrogen) atoms. The molecule has 0 aromatic heterocycles. The van der Waals surface area contributed by atoms with Crippen LogP contribution < -0.4 is 9.47 Å². The van der Waals surface area contributed by atoms with Gasteiger partial charge in [0.1, 0.15) is 6.61 Å². The molecule has 3 aliphatic rings. The second-order valence-corrected chi connectivity index (χ2v) is 11.3. The maximum Gasteiger partial charge on any atom is 0.305 e. The molecule has 0 spiro atoms. The number of carboxylic acid groups (broad SMARTS) is 1. The lowest BCUT2D eigenvalue weighted by Crippen LogP contribution is -2.40. The number of aliphatic carboxylic acids is 1. The number of rotatable bonds is 11. The van der Waals surface area contributed by atoms with E-state index in [1.54, 1.807) is 6.08 Å². The largest absolute Gasteiger partial charge is 0.490 e. The summed E-state index contributed by atoms with van der Waals surface area (Å²) in [6, 6.07) is 11.4. The number of carbonyl (C=O) groups is 3. The van der Waals surface area contributed by atoms with Crippen LogP contribution in [-0.4, -0.2) is 40.7 Å². The molecule has 0 amide bonds. The highest BCUT2D eigenvalue weighted by Crippen LogP contribution is 2.50. The van der Waals surface area contributed by atoms with E-state index in [2.05, 4.69) is 6.58 Å². The standard InChI is InChI=1S/C34H36ClNO6/c1-3-7-22-18-23(19-29(41-4-2)34(22)42-20-21-12-14-24(35)15-13-21)31-32-25(8-5-10-27(32)37)36(17-16-30(39)40)26-9-6-11-28(38)33(26)31/h3,12-15,18-19,31H,1,4-11,16-17,20H2,2H3,(H,39,40). The molecule has 0 unspecified atom stereocenters. The van der Waals surface area contributed by atoms with Crippen LogP contribution in [0.1, 0.15) is 74.5 Å². The van der Waals surface area contributed by atoms with Crippen LogP contribution in [0.4, 0.5) is 0 Å². The van der Waals surface area contributed by atoms with Crippen LogP contribution in [0.15, 0.2) is 71.6 Å². The van der Waals surface area contributed by atoms with Gasteiger partial charge >= 0.3 is 5.97 Å². The van der Waals surface area contributed by atoms with Crippen molar-refractivity contribution in [3.63, 3.8) is 0 Å². The fourth-order valence-electron chi connectivity index (χ4n) is 6.35. The minimum atomic E-state index is -0.907. The normalized spacial score (nSPS) is 17.2. The number of allylic oxidation sites excluding steroid dienone is 5. The van der Waals surface area contributed by atoms with Crippen LogP contribution in [0.2, 0.25) is 5.02 Å². The average molecular weight is 590 g/mol. The van der Waals surface area contributed by atoms with Crippen molar-refractivity contribution in [2.24, 2.45) is 0 Å². The van der Waals surface area contributed by atoms with Crippen molar-refractivity contribution in [3.05, 3.63) is 93.3 Å². The lowest BCUT2D eigenvalue weighted by Gasteiger charge is -2.44. The highest BCUT2D eigenvalue weighted by atomic mass is 35.5. The van der Waals surface area contributed by atoms with E-state index in [0.717, 1.165) is 28.1 Å². The smallest absolute Gasteiger partial charge is 0.305 e. The van der Waals surface area contributed by atoms with Gasteiger partial charge in [-0.05, 0) is 68.4 Å². The minimum absolute atomic E-state index is 0.0118. The molecule has 0 saturated carbocycles. The molecule has 2 aromatic rings. The summed E-state index contributed by atoms with van der Waals surface area (Å²) in [6.07, 6.45) is 5.77. The first kappa shape index (κ1) is 29.6.